The van der Waals surface area contributed by atoms with Crippen molar-refractivity contribution in [1.82, 2.24) is 20.0 Å². The van der Waals surface area contributed by atoms with Gasteiger partial charge in [-0.15, -0.1) is 0 Å². The molecule has 3 aliphatic heterocycles. The van der Waals surface area contributed by atoms with E-state index in [1.807, 2.05) is 23.6 Å². The standard InChI is InChI=1S/C28H39N5O4/c1-4-37-28(36)33-14-11-20(18(2)17-33)15-19-9-12-32(13-10-19)21-5-6-22-24(16-21)31(3)30-26(22)23-7-8-25(34)29-27(23)35/h5-6,16,18-20,23H,4,7-15,17H2,1-3H3,(H,29,34,35)/t18-,20-,23?/m1/s1. The normalized spacial score (nSPS) is 25.4. The van der Waals surface area contributed by atoms with E-state index in [0.717, 1.165) is 55.1 Å². The van der Waals surface area contributed by atoms with Crippen LogP contribution < -0.4 is 10.2 Å². The van der Waals surface area contributed by atoms with Crippen LogP contribution in [-0.2, 0) is 21.4 Å². The molecule has 200 valence electrons. The molecular weight excluding hydrogens is 470 g/mol. The highest BCUT2D eigenvalue weighted by Crippen LogP contribution is 2.36. The molecule has 0 saturated carbocycles. The highest BCUT2D eigenvalue weighted by molar-refractivity contribution is 6.02. The summed E-state index contributed by atoms with van der Waals surface area (Å²) in [7, 11) is 1.92. The molecule has 3 fully saturated rings. The van der Waals surface area contributed by atoms with Crippen molar-refractivity contribution < 1.29 is 19.1 Å². The van der Waals surface area contributed by atoms with Gasteiger partial charge in [-0.1, -0.05) is 6.92 Å². The average molecular weight is 510 g/mol. The SMILES string of the molecule is CCOC(=O)N1CC[C@H](CC2CCN(c3ccc4c(C5CCC(=O)NC5=O)nn(C)c4c3)CC2)[C@H](C)C1. The van der Waals surface area contributed by atoms with Crippen molar-refractivity contribution in [3.63, 3.8) is 0 Å². The summed E-state index contributed by atoms with van der Waals surface area (Å²) in [6, 6.07) is 6.42. The van der Waals surface area contributed by atoms with Gasteiger partial charge in [0.05, 0.1) is 23.7 Å². The van der Waals surface area contributed by atoms with Crippen molar-refractivity contribution in [2.24, 2.45) is 24.8 Å². The molecule has 9 heteroatoms. The predicted molar refractivity (Wildman–Crippen MR) is 141 cm³/mol. The van der Waals surface area contributed by atoms with Crippen LogP contribution in [-0.4, -0.2) is 65.4 Å². The summed E-state index contributed by atoms with van der Waals surface area (Å²) < 4.78 is 7.05. The number of aromatic nitrogens is 2. The third kappa shape index (κ3) is 5.31. The summed E-state index contributed by atoms with van der Waals surface area (Å²) >= 11 is 0. The number of aryl methyl sites for hydroxylation is 1. The van der Waals surface area contributed by atoms with E-state index in [4.69, 9.17) is 4.74 Å². The van der Waals surface area contributed by atoms with E-state index in [1.165, 1.54) is 24.9 Å². The highest BCUT2D eigenvalue weighted by Gasteiger charge is 2.33. The van der Waals surface area contributed by atoms with Crippen molar-refractivity contribution in [1.29, 1.82) is 0 Å². The van der Waals surface area contributed by atoms with Gasteiger partial charge in [-0.05, 0) is 75.0 Å². The largest absolute Gasteiger partial charge is 0.450 e. The molecule has 0 spiro atoms. The molecule has 5 rings (SSSR count). The molecule has 0 aliphatic carbocycles. The van der Waals surface area contributed by atoms with Crippen LogP contribution in [0.3, 0.4) is 0 Å². The van der Waals surface area contributed by atoms with Gasteiger partial charge in [0.2, 0.25) is 11.8 Å². The van der Waals surface area contributed by atoms with Crippen LogP contribution in [0, 0.1) is 17.8 Å². The Bertz CT molecular complexity index is 1170. The first-order valence-corrected chi connectivity index (χ1v) is 13.8. The number of ether oxygens (including phenoxy) is 1. The van der Waals surface area contributed by atoms with Gasteiger partial charge in [-0.3, -0.25) is 19.6 Å². The van der Waals surface area contributed by atoms with Crippen LogP contribution in [0.15, 0.2) is 18.2 Å². The third-order valence-electron chi connectivity index (χ3n) is 8.66. The lowest BCUT2D eigenvalue weighted by Gasteiger charge is -2.40. The van der Waals surface area contributed by atoms with Gasteiger partial charge >= 0.3 is 6.09 Å². The first-order valence-electron chi connectivity index (χ1n) is 13.8. The molecule has 3 aliphatic rings. The Kier molecular flexibility index (Phi) is 7.40. The molecule has 1 unspecified atom stereocenters. The fourth-order valence-corrected chi connectivity index (χ4v) is 6.46. The highest BCUT2D eigenvalue weighted by atomic mass is 16.6. The van der Waals surface area contributed by atoms with E-state index < -0.39 is 0 Å². The average Bonchev–Trinajstić information content (AvgIpc) is 3.21. The Labute approximate surface area is 218 Å². The van der Waals surface area contributed by atoms with Crippen LogP contribution in [0.1, 0.15) is 64.0 Å². The van der Waals surface area contributed by atoms with Crippen molar-refractivity contribution in [3.05, 3.63) is 23.9 Å². The summed E-state index contributed by atoms with van der Waals surface area (Å²) in [5.41, 5.74) is 2.97. The van der Waals surface area contributed by atoms with E-state index in [-0.39, 0.29) is 23.8 Å². The van der Waals surface area contributed by atoms with Crippen molar-refractivity contribution >= 4 is 34.5 Å². The van der Waals surface area contributed by atoms with Crippen molar-refractivity contribution in [2.75, 3.05) is 37.7 Å². The summed E-state index contributed by atoms with van der Waals surface area (Å²) in [6.07, 6.45) is 5.34. The molecule has 1 aromatic heterocycles. The second-order valence-electron chi connectivity index (χ2n) is 11.1. The number of anilines is 1. The maximum atomic E-state index is 12.4. The van der Waals surface area contributed by atoms with E-state index in [9.17, 15) is 14.4 Å². The number of carbonyl (C=O) groups is 3. The number of amides is 3. The lowest BCUT2D eigenvalue weighted by Crippen LogP contribution is -2.44. The third-order valence-corrected chi connectivity index (χ3v) is 8.66. The molecule has 2 aromatic rings. The van der Waals surface area contributed by atoms with Gasteiger partial charge in [-0.25, -0.2) is 4.79 Å². The number of benzene rings is 1. The summed E-state index contributed by atoms with van der Waals surface area (Å²) in [5, 5.41) is 8.12. The Hall–Kier alpha value is -3.10. The van der Waals surface area contributed by atoms with Gasteiger partial charge in [0, 0.05) is 50.7 Å². The lowest BCUT2D eigenvalue weighted by molar-refractivity contribution is -0.134. The minimum Gasteiger partial charge on any atom is -0.450 e. The number of nitrogens with one attached hydrogen (secondary N) is 1. The second-order valence-corrected chi connectivity index (χ2v) is 11.1. The monoisotopic (exact) mass is 509 g/mol. The van der Waals surface area contributed by atoms with E-state index >= 15 is 0 Å². The Balaban J connectivity index is 1.18. The number of carbonyl (C=O) groups excluding carboxylic acids is 3. The topological polar surface area (TPSA) is 96.8 Å². The van der Waals surface area contributed by atoms with Gasteiger partial charge in [0.15, 0.2) is 0 Å². The van der Waals surface area contributed by atoms with Gasteiger partial charge in [0.25, 0.3) is 0 Å². The minimum absolute atomic E-state index is 0.171. The summed E-state index contributed by atoms with van der Waals surface area (Å²) in [6.45, 7) is 8.23. The molecule has 1 N–H and O–H groups in total. The molecule has 3 atom stereocenters. The molecule has 4 heterocycles. The zero-order chi connectivity index (χ0) is 26.1. The van der Waals surface area contributed by atoms with Crippen molar-refractivity contribution in [3.8, 4) is 0 Å². The van der Waals surface area contributed by atoms with Crippen LogP contribution in [0.4, 0.5) is 10.5 Å². The number of nitrogens with zero attached hydrogens (tertiary/aromatic N) is 4. The predicted octanol–water partition coefficient (Wildman–Crippen LogP) is 3.81. The van der Waals surface area contributed by atoms with E-state index in [2.05, 4.69) is 40.4 Å². The molecule has 0 bridgehead atoms. The number of hydrogen-bond donors (Lipinski definition) is 1. The van der Waals surface area contributed by atoms with Crippen LogP contribution in [0.25, 0.3) is 10.9 Å². The number of hydrogen-bond acceptors (Lipinski definition) is 6. The Morgan fingerprint density at radius 1 is 1.14 bits per heavy atom. The number of piperidine rings is 3. The first-order chi connectivity index (χ1) is 17.8. The number of imide groups is 1. The molecule has 0 radical (unpaired) electrons. The first kappa shape index (κ1) is 25.5. The Morgan fingerprint density at radius 3 is 2.62 bits per heavy atom. The fraction of sp³-hybridized carbons (Fsp3) is 0.643. The Morgan fingerprint density at radius 2 is 1.92 bits per heavy atom. The molecule has 3 amide bonds. The molecular formula is C28H39N5O4. The summed E-state index contributed by atoms with van der Waals surface area (Å²) in [5.74, 6) is 1.06. The van der Waals surface area contributed by atoms with Crippen LogP contribution >= 0.6 is 0 Å². The smallest absolute Gasteiger partial charge is 0.409 e. The molecule has 1 aromatic carbocycles. The van der Waals surface area contributed by atoms with Gasteiger partial charge in [-0.2, -0.15) is 5.10 Å². The molecule has 37 heavy (non-hydrogen) atoms. The fourth-order valence-electron chi connectivity index (χ4n) is 6.46. The van der Waals surface area contributed by atoms with Crippen LogP contribution in [0.2, 0.25) is 0 Å². The summed E-state index contributed by atoms with van der Waals surface area (Å²) in [4.78, 5) is 40.4. The van der Waals surface area contributed by atoms with Crippen LogP contribution in [0.5, 0.6) is 0 Å². The number of fused-ring (bicyclic) bond motifs is 1. The van der Waals surface area contributed by atoms with E-state index in [0.29, 0.717) is 31.3 Å². The molecule has 3 saturated heterocycles. The lowest BCUT2D eigenvalue weighted by atomic mass is 9.78. The number of likely N-dealkylation sites (tertiary alicyclic amines) is 1. The number of rotatable bonds is 5. The minimum atomic E-state index is -0.380. The van der Waals surface area contributed by atoms with Gasteiger partial charge in [0.1, 0.15) is 0 Å². The zero-order valence-corrected chi connectivity index (χ0v) is 22.2. The second kappa shape index (κ2) is 10.7. The van der Waals surface area contributed by atoms with E-state index in [1.54, 1.807) is 0 Å². The van der Waals surface area contributed by atoms with Crippen molar-refractivity contribution in [2.45, 2.75) is 58.3 Å². The quantitative estimate of drug-likeness (QED) is 0.616. The zero-order valence-electron chi connectivity index (χ0n) is 22.2. The van der Waals surface area contributed by atoms with Gasteiger partial charge < -0.3 is 14.5 Å². The maximum absolute atomic E-state index is 12.4. The molecule has 9 nitrogen and oxygen atoms in total. The maximum Gasteiger partial charge on any atom is 0.409 e.